The maximum atomic E-state index is 12.3. The van der Waals surface area contributed by atoms with Crippen molar-refractivity contribution in [2.75, 3.05) is 40.6 Å². The molecule has 0 aromatic heterocycles. The third-order valence-corrected chi connectivity index (χ3v) is 5.77. The van der Waals surface area contributed by atoms with Crippen molar-refractivity contribution in [1.29, 1.82) is 0 Å². The van der Waals surface area contributed by atoms with Gasteiger partial charge in [-0.15, -0.1) is 0 Å². The first-order valence-electron chi connectivity index (χ1n) is 10.7. The fourth-order valence-corrected chi connectivity index (χ4v) is 4.10. The molecule has 2 aromatic rings. The highest BCUT2D eigenvalue weighted by Crippen LogP contribution is 2.46. The van der Waals surface area contributed by atoms with E-state index in [-0.39, 0.29) is 31.0 Å². The lowest BCUT2D eigenvalue weighted by Gasteiger charge is -2.21. The van der Waals surface area contributed by atoms with Gasteiger partial charge in [-0.2, -0.15) is 0 Å². The summed E-state index contributed by atoms with van der Waals surface area (Å²) < 4.78 is 27.8. The molecule has 32 heavy (non-hydrogen) atoms. The minimum atomic E-state index is -0.222. The Kier molecular flexibility index (Phi) is 6.80. The lowest BCUT2D eigenvalue weighted by Crippen LogP contribution is -2.26. The van der Waals surface area contributed by atoms with Crippen LogP contribution in [0.4, 0.5) is 0 Å². The standard InChI is InChI=1S/C24H27NO7/c1-28-20-7-6-17(16-4-3-5-18-19(16)14-25-23(18)26)21(22(20)29-2)31-12-13-32-24(27)15-8-10-30-11-9-15/h3-7,15H,8-14H2,1-2H3,(H,25,26). The van der Waals surface area contributed by atoms with E-state index in [0.29, 0.717) is 55.4 Å². The second-order valence-corrected chi connectivity index (χ2v) is 7.59. The van der Waals surface area contributed by atoms with Gasteiger partial charge in [0.25, 0.3) is 5.91 Å². The molecule has 2 aliphatic rings. The van der Waals surface area contributed by atoms with E-state index in [2.05, 4.69) is 5.32 Å². The van der Waals surface area contributed by atoms with Crippen LogP contribution in [0.3, 0.4) is 0 Å². The Morgan fingerprint density at radius 1 is 1.00 bits per heavy atom. The minimum Gasteiger partial charge on any atom is -0.493 e. The molecule has 8 heteroatoms. The van der Waals surface area contributed by atoms with Crippen LogP contribution in [0.5, 0.6) is 17.2 Å². The SMILES string of the molecule is COc1ccc(-c2cccc3c2CNC3=O)c(OCCOC(=O)C2CCOCC2)c1OC. The first-order chi connectivity index (χ1) is 15.6. The van der Waals surface area contributed by atoms with Crippen LogP contribution < -0.4 is 19.5 Å². The van der Waals surface area contributed by atoms with E-state index in [4.69, 9.17) is 23.7 Å². The number of benzene rings is 2. The highest BCUT2D eigenvalue weighted by molar-refractivity contribution is 6.01. The summed E-state index contributed by atoms with van der Waals surface area (Å²) in [6.07, 6.45) is 1.36. The Labute approximate surface area is 186 Å². The molecule has 1 amide bonds. The van der Waals surface area contributed by atoms with Crippen molar-refractivity contribution in [3.05, 3.63) is 41.5 Å². The number of carbonyl (C=O) groups excluding carboxylic acids is 2. The normalized spacial score (nSPS) is 15.6. The Morgan fingerprint density at radius 2 is 1.78 bits per heavy atom. The molecule has 2 heterocycles. The number of hydrogen-bond donors (Lipinski definition) is 1. The zero-order valence-electron chi connectivity index (χ0n) is 18.3. The highest BCUT2D eigenvalue weighted by Gasteiger charge is 2.26. The van der Waals surface area contributed by atoms with Crippen LogP contribution in [0.15, 0.2) is 30.3 Å². The van der Waals surface area contributed by atoms with Gasteiger partial charge in [-0.25, -0.2) is 0 Å². The molecule has 1 fully saturated rings. The second kappa shape index (κ2) is 9.91. The number of rotatable bonds is 8. The first-order valence-corrected chi connectivity index (χ1v) is 10.7. The Balaban J connectivity index is 1.55. The summed E-state index contributed by atoms with van der Waals surface area (Å²) in [6, 6.07) is 9.27. The molecule has 1 saturated heterocycles. The van der Waals surface area contributed by atoms with E-state index < -0.39 is 0 Å². The summed E-state index contributed by atoms with van der Waals surface area (Å²) in [4.78, 5) is 24.4. The molecule has 0 unspecified atom stereocenters. The first kappa shape index (κ1) is 22.0. The van der Waals surface area contributed by atoms with Crippen LogP contribution in [0.25, 0.3) is 11.1 Å². The molecule has 0 atom stereocenters. The summed E-state index contributed by atoms with van der Waals surface area (Å²) in [6.45, 7) is 1.88. The van der Waals surface area contributed by atoms with Gasteiger partial charge in [-0.3, -0.25) is 9.59 Å². The predicted octanol–water partition coefficient (Wildman–Crippen LogP) is 2.96. The summed E-state index contributed by atoms with van der Waals surface area (Å²) in [5, 5.41) is 2.86. The van der Waals surface area contributed by atoms with Crippen molar-refractivity contribution in [2.24, 2.45) is 5.92 Å². The molecule has 2 aromatic carbocycles. The number of fused-ring (bicyclic) bond motifs is 1. The molecule has 2 aliphatic heterocycles. The van der Waals surface area contributed by atoms with Crippen molar-refractivity contribution >= 4 is 11.9 Å². The molecular weight excluding hydrogens is 414 g/mol. The van der Waals surface area contributed by atoms with Crippen LogP contribution in [-0.4, -0.2) is 52.5 Å². The van der Waals surface area contributed by atoms with E-state index in [1.54, 1.807) is 26.4 Å². The Bertz CT molecular complexity index is 998. The third kappa shape index (κ3) is 4.36. The van der Waals surface area contributed by atoms with Crippen molar-refractivity contribution in [3.63, 3.8) is 0 Å². The monoisotopic (exact) mass is 441 g/mol. The average molecular weight is 441 g/mol. The van der Waals surface area contributed by atoms with E-state index in [0.717, 1.165) is 16.7 Å². The smallest absolute Gasteiger partial charge is 0.309 e. The summed E-state index contributed by atoms with van der Waals surface area (Å²) in [5.41, 5.74) is 3.19. The van der Waals surface area contributed by atoms with Crippen LogP contribution in [0.2, 0.25) is 0 Å². The Morgan fingerprint density at radius 3 is 2.53 bits per heavy atom. The molecule has 0 aliphatic carbocycles. The van der Waals surface area contributed by atoms with Gasteiger partial charge >= 0.3 is 5.97 Å². The number of carbonyl (C=O) groups is 2. The second-order valence-electron chi connectivity index (χ2n) is 7.59. The fourth-order valence-electron chi connectivity index (χ4n) is 4.10. The van der Waals surface area contributed by atoms with Crippen LogP contribution >= 0.6 is 0 Å². The van der Waals surface area contributed by atoms with Crippen molar-refractivity contribution in [3.8, 4) is 28.4 Å². The predicted molar refractivity (Wildman–Crippen MR) is 116 cm³/mol. The molecule has 170 valence electrons. The number of esters is 1. The molecule has 0 saturated carbocycles. The third-order valence-electron chi connectivity index (χ3n) is 5.77. The maximum Gasteiger partial charge on any atom is 0.309 e. The van der Waals surface area contributed by atoms with E-state index in [1.807, 2.05) is 18.2 Å². The van der Waals surface area contributed by atoms with Crippen LogP contribution in [0.1, 0.15) is 28.8 Å². The van der Waals surface area contributed by atoms with Gasteiger partial charge < -0.3 is 29.0 Å². The fraction of sp³-hybridized carbons (Fsp3) is 0.417. The quantitative estimate of drug-likeness (QED) is 0.497. The summed E-state index contributed by atoms with van der Waals surface area (Å²) in [7, 11) is 3.10. The van der Waals surface area contributed by atoms with Gasteiger partial charge in [0.1, 0.15) is 13.2 Å². The lowest BCUT2D eigenvalue weighted by molar-refractivity contribution is -0.152. The van der Waals surface area contributed by atoms with Gasteiger partial charge in [0.05, 0.1) is 20.1 Å². The van der Waals surface area contributed by atoms with Crippen LogP contribution in [0, 0.1) is 5.92 Å². The summed E-state index contributed by atoms with van der Waals surface area (Å²) >= 11 is 0. The van der Waals surface area contributed by atoms with Crippen molar-refractivity contribution < 1.29 is 33.3 Å². The topological polar surface area (TPSA) is 92.3 Å². The number of methoxy groups -OCH3 is 2. The maximum absolute atomic E-state index is 12.3. The van der Waals surface area contributed by atoms with E-state index in [1.165, 1.54) is 0 Å². The van der Waals surface area contributed by atoms with Gasteiger partial charge in [-0.05, 0) is 42.2 Å². The van der Waals surface area contributed by atoms with Gasteiger partial charge in [-0.1, -0.05) is 12.1 Å². The van der Waals surface area contributed by atoms with Crippen molar-refractivity contribution in [1.82, 2.24) is 5.32 Å². The van der Waals surface area contributed by atoms with Gasteiger partial charge in [0, 0.05) is 30.9 Å². The lowest BCUT2D eigenvalue weighted by atomic mass is 9.95. The average Bonchev–Trinajstić information content (AvgIpc) is 3.22. The number of nitrogens with one attached hydrogen (secondary N) is 1. The van der Waals surface area contributed by atoms with E-state index in [9.17, 15) is 9.59 Å². The van der Waals surface area contributed by atoms with Gasteiger partial charge in [0.15, 0.2) is 11.5 Å². The molecule has 0 bridgehead atoms. The Hall–Kier alpha value is -3.26. The minimum absolute atomic E-state index is 0.0928. The van der Waals surface area contributed by atoms with Crippen LogP contribution in [-0.2, 0) is 20.8 Å². The van der Waals surface area contributed by atoms with E-state index >= 15 is 0 Å². The number of ether oxygens (including phenoxy) is 5. The molecule has 8 nitrogen and oxygen atoms in total. The van der Waals surface area contributed by atoms with Gasteiger partial charge in [0.2, 0.25) is 5.75 Å². The number of amides is 1. The zero-order chi connectivity index (χ0) is 22.5. The molecule has 0 spiro atoms. The van der Waals surface area contributed by atoms with Crippen molar-refractivity contribution in [2.45, 2.75) is 19.4 Å². The summed E-state index contributed by atoms with van der Waals surface area (Å²) in [5.74, 6) is 0.997. The molecule has 4 rings (SSSR count). The molecular formula is C24H27NO7. The highest BCUT2D eigenvalue weighted by atomic mass is 16.6. The molecule has 0 radical (unpaired) electrons. The largest absolute Gasteiger partial charge is 0.493 e. The number of hydrogen-bond acceptors (Lipinski definition) is 7. The zero-order valence-corrected chi connectivity index (χ0v) is 18.3. The molecule has 1 N–H and O–H groups in total.